The molecule has 0 bridgehead atoms. The predicted molar refractivity (Wildman–Crippen MR) is 101 cm³/mol. The molecule has 128 valence electrons. The number of nitrogens with one attached hydrogen (secondary N) is 1. The molecule has 0 atom stereocenters. The fourth-order valence-electron chi connectivity index (χ4n) is 1.99. The molecule has 1 heterocycles. The van der Waals surface area contributed by atoms with Gasteiger partial charge in [-0.15, -0.1) is 10.2 Å². The van der Waals surface area contributed by atoms with Gasteiger partial charge in [-0.1, -0.05) is 59.3 Å². The molecule has 0 unspecified atom stereocenters. The third-order valence-corrected chi connectivity index (χ3v) is 5.80. The number of rotatable bonds is 6. The van der Waals surface area contributed by atoms with Crippen molar-refractivity contribution in [2.24, 2.45) is 0 Å². The van der Waals surface area contributed by atoms with Crippen molar-refractivity contribution in [3.8, 4) is 0 Å². The van der Waals surface area contributed by atoms with Crippen molar-refractivity contribution in [2.75, 3.05) is 0 Å². The lowest BCUT2D eigenvalue weighted by Crippen LogP contribution is -2.23. The smallest absolute Gasteiger partial charge is 0.207 e. The van der Waals surface area contributed by atoms with E-state index < -0.39 is 10.0 Å². The highest BCUT2D eigenvalue weighted by Gasteiger charge is 2.14. The van der Waals surface area contributed by atoms with Gasteiger partial charge in [0.1, 0.15) is 10.0 Å². The minimum Gasteiger partial charge on any atom is -0.207 e. The van der Waals surface area contributed by atoms with E-state index in [9.17, 15) is 8.42 Å². The normalized spacial score (nSPS) is 11.9. The van der Waals surface area contributed by atoms with Gasteiger partial charge < -0.3 is 0 Å². The predicted octanol–water partition coefficient (Wildman–Crippen LogP) is 3.84. The highest BCUT2D eigenvalue weighted by Crippen LogP contribution is 2.16. The molecule has 1 aromatic heterocycles. The maximum Gasteiger partial charge on any atom is 0.240 e. The van der Waals surface area contributed by atoms with Crippen molar-refractivity contribution in [2.45, 2.75) is 11.4 Å². The Kier molecular flexibility index (Phi) is 5.60. The second-order valence-corrected chi connectivity index (χ2v) is 8.35. The zero-order valence-corrected chi connectivity index (χ0v) is 15.4. The van der Waals surface area contributed by atoms with E-state index in [-0.39, 0.29) is 11.4 Å². The van der Waals surface area contributed by atoms with Crippen LogP contribution in [0.1, 0.15) is 15.6 Å². The van der Waals surface area contributed by atoms with Gasteiger partial charge in [-0.25, -0.2) is 13.1 Å². The van der Waals surface area contributed by atoms with Crippen LogP contribution in [-0.2, 0) is 16.6 Å². The second-order valence-electron chi connectivity index (χ2n) is 5.06. The highest BCUT2D eigenvalue weighted by molar-refractivity contribution is 7.89. The first-order valence-corrected chi connectivity index (χ1v) is 10.0. The van der Waals surface area contributed by atoms with Gasteiger partial charge in [-0.05, 0) is 35.9 Å². The molecule has 0 radical (unpaired) electrons. The summed E-state index contributed by atoms with van der Waals surface area (Å²) in [5.41, 5.74) is 1.06. The minimum atomic E-state index is -3.61. The number of nitrogens with zero attached hydrogens (tertiary/aromatic N) is 2. The fourth-order valence-corrected chi connectivity index (χ4v) is 3.88. The average molecular weight is 392 g/mol. The largest absolute Gasteiger partial charge is 0.240 e. The minimum absolute atomic E-state index is 0.0851. The van der Waals surface area contributed by atoms with E-state index in [1.54, 1.807) is 0 Å². The van der Waals surface area contributed by atoms with E-state index in [1.165, 1.54) is 35.6 Å². The number of aromatic nitrogens is 2. The average Bonchev–Trinajstić information content (AvgIpc) is 3.08. The Morgan fingerprint density at radius 2 is 1.72 bits per heavy atom. The molecule has 0 saturated carbocycles. The van der Waals surface area contributed by atoms with Gasteiger partial charge in [0.05, 0.1) is 11.4 Å². The van der Waals surface area contributed by atoms with Gasteiger partial charge in [-0.2, -0.15) is 0 Å². The molecule has 0 aliphatic carbocycles. The van der Waals surface area contributed by atoms with Gasteiger partial charge in [-0.3, -0.25) is 0 Å². The van der Waals surface area contributed by atoms with E-state index in [2.05, 4.69) is 14.9 Å². The van der Waals surface area contributed by atoms with Crippen LogP contribution in [-0.4, -0.2) is 18.6 Å². The number of sulfonamides is 1. The summed E-state index contributed by atoms with van der Waals surface area (Å²) in [6, 6.07) is 15.8. The summed E-state index contributed by atoms with van der Waals surface area (Å²) in [5, 5.41) is 9.84. The van der Waals surface area contributed by atoms with Crippen molar-refractivity contribution in [3.05, 3.63) is 75.2 Å². The molecule has 5 nitrogen and oxygen atoms in total. The Morgan fingerprint density at radius 3 is 2.44 bits per heavy atom. The van der Waals surface area contributed by atoms with Gasteiger partial charge in [0.2, 0.25) is 10.0 Å². The van der Waals surface area contributed by atoms with Gasteiger partial charge >= 0.3 is 0 Å². The Hall–Kier alpha value is -2.06. The maximum absolute atomic E-state index is 12.2. The Bertz CT molecular complexity index is 969. The standard InChI is InChI=1S/C17H14ClN3O2S2/c18-14-7-9-15(10-8-14)25(22,23)19-12-17-21-20-16(24-17)11-6-13-4-2-1-3-5-13/h1-11,19H,12H2/b11-6+. The first-order valence-electron chi connectivity index (χ1n) is 7.34. The molecule has 1 N–H and O–H groups in total. The summed E-state index contributed by atoms with van der Waals surface area (Å²) in [4.78, 5) is 0.158. The lowest BCUT2D eigenvalue weighted by atomic mass is 10.2. The molecular formula is C17H14ClN3O2S2. The SMILES string of the molecule is O=S(=O)(NCc1nnc(/C=C/c2ccccc2)s1)c1ccc(Cl)cc1. The lowest BCUT2D eigenvalue weighted by Gasteiger charge is -2.04. The van der Waals surface area contributed by atoms with Crippen LogP contribution in [0.5, 0.6) is 0 Å². The maximum atomic E-state index is 12.2. The third-order valence-electron chi connectivity index (χ3n) is 3.24. The summed E-state index contributed by atoms with van der Waals surface area (Å²) >= 11 is 7.11. The van der Waals surface area contributed by atoms with E-state index in [1.807, 2.05) is 42.5 Å². The van der Waals surface area contributed by atoms with Crippen LogP contribution < -0.4 is 4.72 Å². The van der Waals surface area contributed by atoms with Crippen molar-refractivity contribution < 1.29 is 8.42 Å². The molecule has 0 aliphatic rings. The van der Waals surface area contributed by atoms with Crippen molar-refractivity contribution in [3.63, 3.8) is 0 Å². The van der Waals surface area contributed by atoms with Crippen LogP contribution in [0.3, 0.4) is 0 Å². The zero-order valence-electron chi connectivity index (χ0n) is 13.0. The van der Waals surface area contributed by atoms with Crippen LogP contribution in [0.4, 0.5) is 0 Å². The summed E-state index contributed by atoms with van der Waals surface area (Å²) in [6.45, 7) is 0.0851. The van der Waals surface area contributed by atoms with E-state index in [0.717, 1.165) is 5.56 Å². The molecular weight excluding hydrogens is 378 g/mol. The monoisotopic (exact) mass is 391 g/mol. The molecule has 8 heteroatoms. The first kappa shape index (κ1) is 17.8. The number of halogens is 1. The van der Waals surface area contributed by atoms with Crippen molar-refractivity contribution in [1.29, 1.82) is 0 Å². The zero-order chi connectivity index (χ0) is 17.7. The topological polar surface area (TPSA) is 72.0 Å². The Labute approximate surface area is 155 Å². The van der Waals surface area contributed by atoms with Gasteiger partial charge in [0.15, 0.2) is 0 Å². The highest BCUT2D eigenvalue weighted by atomic mass is 35.5. The molecule has 3 aromatic rings. The molecule has 0 aliphatic heterocycles. The van der Waals surface area contributed by atoms with Crippen molar-refractivity contribution >= 4 is 45.1 Å². The summed E-state index contributed by atoms with van der Waals surface area (Å²) in [6.07, 6.45) is 3.78. The Balaban J connectivity index is 1.63. The van der Waals surface area contributed by atoms with Gasteiger partial charge in [0.25, 0.3) is 0 Å². The molecule has 0 amide bonds. The molecule has 3 rings (SSSR count). The van der Waals surface area contributed by atoms with Crippen molar-refractivity contribution in [1.82, 2.24) is 14.9 Å². The van der Waals surface area contributed by atoms with Crippen LogP contribution in [0.2, 0.25) is 5.02 Å². The van der Waals surface area contributed by atoms with Crippen LogP contribution in [0.15, 0.2) is 59.5 Å². The van der Waals surface area contributed by atoms with Crippen LogP contribution in [0, 0.1) is 0 Å². The quantitative estimate of drug-likeness (QED) is 0.692. The van der Waals surface area contributed by atoms with Crippen LogP contribution in [0.25, 0.3) is 12.2 Å². The molecule has 2 aromatic carbocycles. The number of hydrogen-bond donors (Lipinski definition) is 1. The molecule has 0 spiro atoms. The number of hydrogen-bond acceptors (Lipinski definition) is 5. The summed E-state index contributed by atoms with van der Waals surface area (Å²) in [5.74, 6) is 0. The molecule has 0 fully saturated rings. The summed E-state index contributed by atoms with van der Waals surface area (Å²) < 4.78 is 27.0. The van der Waals surface area contributed by atoms with Gasteiger partial charge in [0, 0.05) is 5.02 Å². The summed E-state index contributed by atoms with van der Waals surface area (Å²) in [7, 11) is -3.61. The third kappa shape index (κ3) is 4.96. The van der Waals surface area contributed by atoms with Crippen LogP contribution >= 0.6 is 22.9 Å². The van der Waals surface area contributed by atoms with E-state index >= 15 is 0 Å². The van der Waals surface area contributed by atoms with E-state index in [4.69, 9.17) is 11.6 Å². The van der Waals surface area contributed by atoms with E-state index in [0.29, 0.717) is 15.0 Å². The second kappa shape index (κ2) is 7.88. The number of benzene rings is 2. The Morgan fingerprint density at radius 1 is 1.00 bits per heavy atom. The lowest BCUT2D eigenvalue weighted by molar-refractivity contribution is 0.581. The first-order chi connectivity index (χ1) is 12.0. The molecule has 25 heavy (non-hydrogen) atoms. The fraction of sp³-hybridized carbons (Fsp3) is 0.0588. The molecule has 0 saturated heterocycles.